The van der Waals surface area contributed by atoms with Gasteiger partial charge in [0.05, 0.1) is 16.4 Å². The number of hydrogen-bond donors (Lipinski definition) is 1. The highest BCUT2D eigenvalue weighted by atomic mass is 35.5. The van der Waals surface area contributed by atoms with Crippen LogP contribution in [-0.4, -0.2) is 38.2 Å². The second kappa shape index (κ2) is 5.12. The quantitative estimate of drug-likeness (QED) is 0.835. The molecule has 0 radical (unpaired) electrons. The average molecular weight is 352 g/mol. The average Bonchev–Trinajstić information content (AvgIpc) is 2.89. The van der Waals surface area contributed by atoms with Crippen molar-refractivity contribution in [2.45, 2.75) is 36.4 Å². The van der Waals surface area contributed by atoms with Crippen molar-refractivity contribution in [3.63, 3.8) is 0 Å². The van der Waals surface area contributed by atoms with Gasteiger partial charge in [0, 0.05) is 19.0 Å². The summed E-state index contributed by atoms with van der Waals surface area (Å²) < 4.78 is -0.889. The smallest absolute Gasteiger partial charge is 0.231 e. The Hall–Kier alpha value is -1.26. The van der Waals surface area contributed by atoms with Gasteiger partial charge in [0.25, 0.3) is 0 Å². The molecule has 2 fully saturated rings. The Morgan fingerprint density at radius 3 is 2.57 bits per heavy atom. The van der Waals surface area contributed by atoms with Crippen LogP contribution in [0.4, 0.5) is 0 Å². The topological polar surface area (TPSA) is 49.0 Å². The van der Waals surface area contributed by atoms with Gasteiger partial charge in [-0.25, -0.2) is 4.98 Å². The van der Waals surface area contributed by atoms with Crippen LogP contribution in [0.15, 0.2) is 24.3 Å². The fourth-order valence-corrected chi connectivity index (χ4v) is 4.20. The number of aromatic amines is 1. The minimum Gasteiger partial charge on any atom is -0.342 e. The highest BCUT2D eigenvalue weighted by Crippen LogP contribution is 2.64. The van der Waals surface area contributed by atoms with Crippen molar-refractivity contribution >= 4 is 40.1 Å². The molecule has 1 saturated heterocycles. The van der Waals surface area contributed by atoms with E-state index in [4.69, 9.17) is 23.2 Å². The van der Waals surface area contributed by atoms with Crippen molar-refractivity contribution in [2.24, 2.45) is 5.41 Å². The third kappa shape index (κ3) is 2.43. The summed E-state index contributed by atoms with van der Waals surface area (Å²) in [5.41, 5.74) is 1.46. The Bertz CT molecular complexity index is 731. The van der Waals surface area contributed by atoms with E-state index in [9.17, 15) is 4.79 Å². The molecular weight excluding hydrogens is 333 g/mol. The summed E-state index contributed by atoms with van der Waals surface area (Å²) in [6.45, 7) is 3.33. The van der Waals surface area contributed by atoms with Gasteiger partial charge in [0.1, 0.15) is 10.2 Å². The number of imidazole rings is 1. The van der Waals surface area contributed by atoms with Crippen molar-refractivity contribution in [1.29, 1.82) is 0 Å². The number of para-hydroxylation sites is 2. The van der Waals surface area contributed by atoms with Crippen LogP contribution in [0.2, 0.25) is 0 Å². The summed E-state index contributed by atoms with van der Waals surface area (Å²) in [6.07, 6.45) is 2.38. The highest BCUT2D eigenvalue weighted by Gasteiger charge is 2.68. The first-order valence-corrected chi connectivity index (χ1v) is 8.78. The molecular formula is C17H19Cl2N3O. The Labute approximate surface area is 145 Å². The number of benzene rings is 1. The molecule has 1 atom stereocenters. The van der Waals surface area contributed by atoms with Crippen LogP contribution in [0, 0.1) is 5.41 Å². The molecule has 1 amide bonds. The Morgan fingerprint density at radius 2 is 1.96 bits per heavy atom. The molecule has 122 valence electrons. The van der Waals surface area contributed by atoms with E-state index in [0.29, 0.717) is 12.3 Å². The summed E-state index contributed by atoms with van der Waals surface area (Å²) in [6, 6.07) is 8.06. The van der Waals surface area contributed by atoms with Crippen LogP contribution in [0.25, 0.3) is 11.0 Å². The maximum absolute atomic E-state index is 12.6. The lowest BCUT2D eigenvalue weighted by Crippen LogP contribution is -2.43. The largest absolute Gasteiger partial charge is 0.342 e. The molecule has 23 heavy (non-hydrogen) atoms. The highest BCUT2D eigenvalue weighted by molar-refractivity contribution is 6.53. The third-order valence-corrected chi connectivity index (χ3v) is 6.41. The van der Waals surface area contributed by atoms with Crippen LogP contribution in [0.3, 0.4) is 0 Å². The number of carbonyl (C=O) groups is 1. The fourth-order valence-electron chi connectivity index (χ4n) is 3.50. The first-order valence-electron chi connectivity index (χ1n) is 8.02. The predicted octanol–water partition coefficient (Wildman–Crippen LogP) is 3.85. The standard InChI is InChI=1S/C17H19Cl2N3O/c1-16(10-17(16,18)19)15(23)22-8-6-11(7-9-22)14-20-12-4-2-3-5-13(12)21-14/h2-5,11H,6-10H2,1H3,(H,20,21)/t16-/m0/s1. The Kier molecular flexibility index (Phi) is 3.40. The molecule has 4 rings (SSSR count). The first-order chi connectivity index (χ1) is 10.9. The van der Waals surface area contributed by atoms with Crippen LogP contribution >= 0.6 is 23.2 Å². The second-order valence-electron chi connectivity index (χ2n) is 6.92. The van der Waals surface area contributed by atoms with Gasteiger partial charge in [-0.2, -0.15) is 0 Å². The number of fused-ring (bicyclic) bond motifs is 1. The predicted molar refractivity (Wildman–Crippen MR) is 91.8 cm³/mol. The maximum Gasteiger partial charge on any atom is 0.231 e. The van der Waals surface area contributed by atoms with Crippen molar-refractivity contribution in [3.8, 4) is 0 Å². The van der Waals surface area contributed by atoms with E-state index in [2.05, 4.69) is 9.97 Å². The fraction of sp³-hybridized carbons (Fsp3) is 0.529. The molecule has 6 heteroatoms. The molecule has 1 aromatic carbocycles. The zero-order valence-electron chi connectivity index (χ0n) is 13.0. The van der Waals surface area contributed by atoms with Crippen LogP contribution in [-0.2, 0) is 4.79 Å². The molecule has 2 heterocycles. The third-order valence-electron chi connectivity index (χ3n) is 5.31. The normalized spacial score (nSPS) is 27.3. The summed E-state index contributed by atoms with van der Waals surface area (Å²) in [7, 11) is 0. The van der Waals surface area contributed by atoms with E-state index in [1.54, 1.807) is 0 Å². The minimum absolute atomic E-state index is 0.0885. The number of carbonyl (C=O) groups excluding carboxylic acids is 1. The molecule has 1 aliphatic heterocycles. The van der Waals surface area contributed by atoms with Gasteiger partial charge in [0.2, 0.25) is 5.91 Å². The number of halogens is 2. The lowest BCUT2D eigenvalue weighted by atomic mass is 9.95. The zero-order valence-corrected chi connectivity index (χ0v) is 14.5. The molecule has 0 bridgehead atoms. The summed E-state index contributed by atoms with van der Waals surface area (Å²) >= 11 is 12.3. The van der Waals surface area contributed by atoms with Crippen molar-refractivity contribution in [1.82, 2.24) is 14.9 Å². The number of nitrogens with one attached hydrogen (secondary N) is 1. The zero-order chi connectivity index (χ0) is 16.2. The molecule has 4 nitrogen and oxygen atoms in total. The number of rotatable bonds is 2. The van der Waals surface area contributed by atoms with Crippen molar-refractivity contribution in [3.05, 3.63) is 30.1 Å². The number of alkyl halides is 2. The van der Waals surface area contributed by atoms with Crippen molar-refractivity contribution in [2.75, 3.05) is 13.1 Å². The van der Waals surface area contributed by atoms with E-state index in [1.807, 2.05) is 36.1 Å². The SMILES string of the molecule is C[C@@]1(C(=O)N2CCC(c3nc4ccccc4[nH]3)CC2)CC1(Cl)Cl. The lowest BCUT2D eigenvalue weighted by Gasteiger charge is -2.33. The van der Waals surface area contributed by atoms with Gasteiger partial charge in [0.15, 0.2) is 0 Å². The van der Waals surface area contributed by atoms with Gasteiger partial charge in [-0.3, -0.25) is 4.79 Å². The molecule has 1 aromatic heterocycles. The van der Waals surface area contributed by atoms with Gasteiger partial charge in [-0.1, -0.05) is 12.1 Å². The Balaban J connectivity index is 1.44. The van der Waals surface area contributed by atoms with Crippen LogP contribution in [0.5, 0.6) is 0 Å². The molecule has 0 unspecified atom stereocenters. The second-order valence-corrected chi connectivity index (χ2v) is 8.40. The molecule has 1 aliphatic carbocycles. The Morgan fingerprint density at radius 1 is 1.30 bits per heavy atom. The summed E-state index contributed by atoms with van der Waals surface area (Å²) in [4.78, 5) is 22.6. The van der Waals surface area contributed by atoms with Gasteiger partial charge in [-0.05, 0) is 38.3 Å². The van der Waals surface area contributed by atoms with E-state index in [0.717, 1.165) is 42.8 Å². The number of nitrogens with zero attached hydrogens (tertiary/aromatic N) is 2. The molecule has 1 saturated carbocycles. The van der Waals surface area contributed by atoms with Crippen LogP contribution in [0.1, 0.15) is 37.9 Å². The van der Waals surface area contributed by atoms with E-state index in [-0.39, 0.29) is 5.91 Å². The van der Waals surface area contributed by atoms with Gasteiger partial charge < -0.3 is 9.88 Å². The number of likely N-dealkylation sites (tertiary alicyclic amines) is 1. The minimum atomic E-state index is -0.889. The first kappa shape index (κ1) is 15.3. The van der Waals surface area contributed by atoms with E-state index >= 15 is 0 Å². The van der Waals surface area contributed by atoms with E-state index < -0.39 is 9.75 Å². The number of piperidine rings is 1. The van der Waals surface area contributed by atoms with E-state index in [1.165, 1.54) is 0 Å². The van der Waals surface area contributed by atoms with Crippen LogP contribution < -0.4 is 0 Å². The lowest BCUT2D eigenvalue weighted by molar-refractivity contribution is -0.137. The van der Waals surface area contributed by atoms with Gasteiger partial charge >= 0.3 is 0 Å². The monoisotopic (exact) mass is 351 g/mol. The van der Waals surface area contributed by atoms with Crippen molar-refractivity contribution < 1.29 is 4.79 Å². The molecule has 2 aliphatic rings. The number of amides is 1. The molecule has 0 spiro atoms. The number of aromatic nitrogens is 2. The molecule has 1 N–H and O–H groups in total. The number of hydrogen-bond acceptors (Lipinski definition) is 2. The maximum atomic E-state index is 12.6. The summed E-state index contributed by atoms with van der Waals surface area (Å²) in [5, 5.41) is 0. The summed E-state index contributed by atoms with van der Waals surface area (Å²) in [5.74, 6) is 1.49. The molecule has 2 aromatic rings. The van der Waals surface area contributed by atoms with Gasteiger partial charge in [-0.15, -0.1) is 23.2 Å². The number of H-pyrrole nitrogens is 1.